The Morgan fingerprint density at radius 2 is 2.44 bits per heavy atom. The first kappa shape index (κ1) is 8.24. The van der Waals surface area contributed by atoms with Crippen molar-refractivity contribution < 1.29 is 18.8 Å². The number of carbonyl (C=O) groups excluding carboxylic acids is 1. The molecule has 1 atom stereocenters. The summed E-state index contributed by atoms with van der Waals surface area (Å²) in [4.78, 5) is 19.5. The summed E-state index contributed by atoms with van der Waals surface area (Å²) in [5, 5.41) is 8.19. The van der Waals surface area contributed by atoms with Gasteiger partial charge in [-0.1, -0.05) is 0 Å². The molecular formula is C2H5NO4Si2. The van der Waals surface area contributed by atoms with Crippen molar-refractivity contribution in [2.45, 2.75) is 0 Å². The topological polar surface area (TPSA) is 76.0 Å². The van der Waals surface area contributed by atoms with Crippen LogP contribution in [0, 0.1) is 0 Å². The molecule has 0 saturated heterocycles. The van der Waals surface area contributed by atoms with E-state index in [-0.39, 0.29) is 0 Å². The van der Waals surface area contributed by atoms with Crippen LogP contribution < -0.4 is 0 Å². The van der Waals surface area contributed by atoms with Crippen LogP contribution in [0.3, 0.4) is 0 Å². The van der Waals surface area contributed by atoms with Crippen molar-refractivity contribution >= 4 is 31.4 Å². The molecule has 0 heterocycles. The number of hydrogen-bond donors (Lipinski definition) is 1. The Hall–Kier alpha value is -0.756. The molecule has 5 nitrogen and oxygen atoms in total. The average molecular weight is 163 g/mol. The summed E-state index contributed by atoms with van der Waals surface area (Å²) >= 11 is 0. The second-order valence-corrected chi connectivity index (χ2v) is 4.49. The van der Waals surface area contributed by atoms with Crippen molar-refractivity contribution in [2.24, 2.45) is 4.66 Å². The fourth-order valence-corrected chi connectivity index (χ4v) is 1.69. The number of nitrogens with zero attached hydrogens (tertiary/aromatic N) is 1. The molecule has 0 amide bonds. The fraction of sp³-hybridized carbons (Fsp3) is 0. The molecule has 0 saturated carbocycles. The lowest BCUT2D eigenvalue weighted by Crippen LogP contribution is -2.24. The summed E-state index contributed by atoms with van der Waals surface area (Å²) in [7, 11) is -2.31. The molecule has 0 aromatic heterocycles. The van der Waals surface area contributed by atoms with Crippen LogP contribution in [0.25, 0.3) is 0 Å². The first-order valence-electron chi connectivity index (χ1n) is 2.05. The minimum absolute atomic E-state index is 0.293. The molecule has 1 unspecified atom stereocenters. The van der Waals surface area contributed by atoms with E-state index < -0.39 is 14.8 Å². The molecule has 50 valence electrons. The maximum atomic E-state index is 10.0. The molecule has 0 aliphatic carbocycles. The van der Waals surface area contributed by atoms with Crippen molar-refractivity contribution in [3.63, 3.8) is 0 Å². The second kappa shape index (κ2) is 4.16. The van der Waals surface area contributed by atoms with Gasteiger partial charge in [0.15, 0.2) is 0 Å². The zero-order valence-electron chi connectivity index (χ0n) is 4.70. The lowest BCUT2D eigenvalue weighted by atomic mass is 11.6. The monoisotopic (exact) mass is 163 g/mol. The van der Waals surface area contributed by atoms with Crippen LogP contribution in [-0.4, -0.2) is 36.5 Å². The SMILES string of the molecule is O=C=N[SiH](O[SiH3])C(=O)O. The zero-order valence-corrected chi connectivity index (χ0v) is 7.85. The molecule has 0 bridgehead atoms. The van der Waals surface area contributed by atoms with Gasteiger partial charge in [-0.2, -0.15) is 0 Å². The highest BCUT2D eigenvalue weighted by atomic mass is 28.3. The summed E-state index contributed by atoms with van der Waals surface area (Å²) in [5.74, 6) is 0. The Bertz CT molecular complexity index is 151. The van der Waals surface area contributed by atoms with E-state index in [1.165, 1.54) is 0 Å². The summed E-state index contributed by atoms with van der Waals surface area (Å²) in [5.41, 5.74) is -1.13. The highest BCUT2D eigenvalue weighted by Crippen LogP contribution is 1.83. The molecule has 0 spiro atoms. The van der Waals surface area contributed by atoms with E-state index >= 15 is 0 Å². The Labute approximate surface area is 55.7 Å². The molecule has 0 radical (unpaired) electrons. The number of hydrogen-bond acceptors (Lipinski definition) is 4. The van der Waals surface area contributed by atoms with Gasteiger partial charge in [0.05, 0.1) is 0 Å². The molecule has 0 fully saturated rings. The Morgan fingerprint density at radius 1 is 1.89 bits per heavy atom. The average Bonchev–Trinajstić information content (AvgIpc) is 1.82. The van der Waals surface area contributed by atoms with E-state index in [2.05, 4.69) is 8.77 Å². The standard InChI is InChI=1S/C2H5NO4Si2/c4-1-3-9(7-8)2(5)6/h9H,8H3,(H,5,6). The third-order valence-corrected chi connectivity index (χ3v) is 3.15. The smallest absolute Gasteiger partial charge is 0.429 e. The maximum Gasteiger partial charge on any atom is 0.429 e. The van der Waals surface area contributed by atoms with Crippen molar-refractivity contribution in [3.8, 4) is 0 Å². The number of rotatable bonds is 3. The van der Waals surface area contributed by atoms with Crippen molar-refractivity contribution in [1.82, 2.24) is 0 Å². The molecule has 0 rings (SSSR count). The van der Waals surface area contributed by atoms with Crippen LogP contribution in [0.15, 0.2) is 4.66 Å². The highest BCUT2D eigenvalue weighted by molar-refractivity contribution is 6.84. The molecule has 0 aliphatic heterocycles. The predicted molar refractivity (Wildman–Crippen MR) is 34.3 cm³/mol. The highest BCUT2D eigenvalue weighted by Gasteiger charge is 2.17. The van der Waals surface area contributed by atoms with Gasteiger partial charge in [-0.15, -0.1) is 0 Å². The van der Waals surface area contributed by atoms with Gasteiger partial charge in [0.1, 0.15) is 10.5 Å². The van der Waals surface area contributed by atoms with E-state index in [0.717, 1.165) is 6.08 Å². The van der Waals surface area contributed by atoms with E-state index in [1.54, 1.807) is 0 Å². The first-order valence-corrected chi connectivity index (χ1v) is 4.43. The number of isocyanates is 1. The van der Waals surface area contributed by atoms with Gasteiger partial charge < -0.3 is 9.22 Å². The quantitative estimate of drug-likeness (QED) is 0.299. The number of carboxylic acid groups (broad SMARTS) is 1. The van der Waals surface area contributed by atoms with Crippen LogP contribution >= 0.6 is 0 Å². The Balaban J connectivity index is 3.98. The van der Waals surface area contributed by atoms with Crippen LogP contribution in [0.1, 0.15) is 0 Å². The van der Waals surface area contributed by atoms with Crippen LogP contribution in [0.5, 0.6) is 0 Å². The first-order chi connectivity index (χ1) is 4.22. The lowest BCUT2D eigenvalue weighted by molar-refractivity contribution is 0.216. The fourth-order valence-electron chi connectivity index (χ4n) is 0.257. The summed E-state index contributed by atoms with van der Waals surface area (Å²) in [6, 6.07) is 0. The van der Waals surface area contributed by atoms with Gasteiger partial charge in [-0.05, 0) is 0 Å². The molecule has 0 aromatic rings. The summed E-state index contributed by atoms with van der Waals surface area (Å²) in [6.07, 6.45) is 1.15. The maximum absolute atomic E-state index is 10.0. The van der Waals surface area contributed by atoms with E-state index in [1.807, 2.05) is 0 Å². The molecule has 9 heavy (non-hydrogen) atoms. The Kier molecular flexibility index (Phi) is 3.81. The Morgan fingerprint density at radius 3 is 2.56 bits per heavy atom. The summed E-state index contributed by atoms with van der Waals surface area (Å²) in [6.45, 7) is 0. The van der Waals surface area contributed by atoms with Crippen molar-refractivity contribution in [1.29, 1.82) is 0 Å². The zero-order chi connectivity index (χ0) is 7.28. The molecule has 7 heteroatoms. The predicted octanol–water partition coefficient (Wildman–Crippen LogP) is -1.90. The lowest BCUT2D eigenvalue weighted by Gasteiger charge is -1.96. The minimum atomic E-state index is -2.61. The molecule has 0 aliphatic rings. The van der Waals surface area contributed by atoms with Crippen molar-refractivity contribution in [3.05, 3.63) is 0 Å². The van der Waals surface area contributed by atoms with Gasteiger partial charge in [0.25, 0.3) is 0 Å². The largest absolute Gasteiger partial charge is 0.482 e. The van der Waals surface area contributed by atoms with Crippen molar-refractivity contribution in [2.75, 3.05) is 0 Å². The van der Waals surface area contributed by atoms with Crippen LogP contribution in [-0.2, 0) is 8.91 Å². The molecule has 1 N–H and O–H groups in total. The van der Waals surface area contributed by atoms with Gasteiger partial charge in [0, 0.05) is 0 Å². The third kappa shape index (κ3) is 2.93. The van der Waals surface area contributed by atoms with Gasteiger partial charge in [-0.25, -0.2) is 9.45 Å². The van der Waals surface area contributed by atoms with Crippen LogP contribution in [0.2, 0.25) is 0 Å². The van der Waals surface area contributed by atoms with Gasteiger partial charge in [-0.3, -0.25) is 4.79 Å². The van der Waals surface area contributed by atoms with E-state index in [4.69, 9.17) is 5.11 Å². The minimum Gasteiger partial charge on any atom is -0.482 e. The second-order valence-electron chi connectivity index (χ2n) is 1.15. The normalized spacial score (nSPS) is 12.0. The third-order valence-electron chi connectivity index (χ3n) is 0.604. The van der Waals surface area contributed by atoms with Crippen LogP contribution in [0.4, 0.5) is 4.79 Å². The summed E-state index contributed by atoms with van der Waals surface area (Å²) < 4.78 is 7.49. The van der Waals surface area contributed by atoms with E-state index in [9.17, 15) is 9.59 Å². The molecular weight excluding hydrogens is 158 g/mol. The van der Waals surface area contributed by atoms with Gasteiger partial charge >= 0.3 is 14.8 Å². The number of carbonyl (C=O) groups is 1. The van der Waals surface area contributed by atoms with E-state index in [0.29, 0.717) is 10.5 Å². The molecule has 0 aromatic carbocycles. The van der Waals surface area contributed by atoms with Gasteiger partial charge in [0.2, 0.25) is 6.08 Å².